The quantitative estimate of drug-likeness (QED) is 0.809. The maximum atomic E-state index is 12.6. The van der Waals surface area contributed by atoms with E-state index in [4.69, 9.17) is 16.3 Å². The lowest BCUT2D eigenvalue weighted by atomic mass is 10.1. The van der Waals surface area contributed by atoms with E-state index in [1.807, 2.05) is 4.72 Å². The summed E-state index contributed by atoms with van der Waals surface area (Å²) in [5, 5.41) is 2.73. The van der Waals surface area contributed by atoms with Crippen molar-refractivity contribution in [2.24, 2.45) is 0 Å². The molecule has 11 heteroatoms. The molecule has 2 amide bonds. The zero-order valence-electron chi connectivity index (χ0n) is 13.8. The molecule has 0 aliphatic heterocycles. The predicted octanol–water partition coefficient (Wildman–Crippen LogP) is 1.83. The molecule has 0 bridgehead atoms. The molecule has 0 saturated heterocycles. The highest BCUT2D eigenvalue weighted by Gasteiger charge is 2.26. The van der Waals surface area contributed by atoms with Crippen LogP contribution in [0.2, 0.25) is 0 Å². The number of nitrogens with one attached hydrogen (secondary N) is 2. The lowest BCUT2D eigenvalue weighted by Gasteiger charge is -2.11. The Hall–Kier alpha value is -2.72. The van der Waals surface area contributed by atoms with Gasteiger partial charge in [-0.15, -0.1) is 0 Å². The number of allylic oxidation sites excluding steroid dienone is 1. The standard InChI is InChI=1S/C15H14ClN5O4S/c1-8-17-13(20-15(18-8)25-2)19-14(22)21-26(23,24)12-5-3-4-9-10(12)6-7-11(9)16/h3-5,7H,6H2,1-2H3,(H2,17,18,19,20,21,22). The van der Waals surface area contributed by atoms with Crippen LogP contribution in [-0.2, 0) is 16.4 Å². The first kappa shape index (κ1) is 18.1. The van der Waals surface area contributed by atoms with Gasteiger partial charge in [0.15, 0.2) is 0 Å². The Morgan fingerprint density at radius 3 is 2.77 bits per heavy atom. The third-order valence-electron chi connectivity index (χ3n) is 3.53. The molecule has 2 N–H and O–H groups in total. The van der Waals surface area contributed by atoms with Gasteiger partial charge < -0.3 is 4.74 Å². The van der Waals surface area contributed by atoms with Gasteiger partial charge in [-0.3, -0.25) is 5.32 Å². The van der Waals surface area contributed by atoms with Gasteiger partial charge in [0.1, 0.15) is 5.82 Å². The summed E-state index contributed by atoms with van der Waals surface area (Å²) in [5.41, 5.74) is 1.17. The number of benzene rings is 1. The van der Waals surface area contributed by atoms with Crippen LogP contribution in [0.15, 0.2) is 29.2 Å². The van der Waals surface area contributed by atoms with Crippen molar-refractivity contribution in [3.8, 4) is 6.01 Å². The molecule has 3 rings (SSSR count). The van der Waals surface area contributed by atoms with Crippen molar-refractivity contribution >= 4 is 38.6 Å². The molecule has 1 aliphatic rings. The Bertz CT molecular complexity index is 1020. The molecule has 0 radical (unpaired) electrons. The van der Waals surface area contributed by atoms with Crippen LogP contribution >= 0.6 is 11.6 Å². The lowest BCUT2D eigenvalue weighted by Crippen LogP contribution is -2.35. The van der Waals surface area contributed by atoms with Crippen LogP contribution in [0.3, 0.4) is 0 Å². The molecule has 0 unspecified atom stereocenters. The van der Waals surface area contributed by atoms with Gasteiger partial charge in [0.25, 0.3) is 10.0 Å². The summed E-state index contributed by atoms with van der Waals surface area (Å²) < 4.78 is 32.0. The van der Waals surface area contributed by atoms with E-state index in [2.05, 4.69) is 20.3 Å². The van der Waals surface area contributed by atoms with Crippen molar-refractivity contribution in [1.29, 1.82) is 0 Å². The molecule has 1 aromatic heterocycles. The first-order chi connectivity index (χ1) is 12.3. The van der Waals surface area contributed by atoms with Gasteiger partial charge in [0.2, 0.25) is 5.95 Å². The van der Waals surface area contributed by atoms with Crippen LogP contribution < -0.4 is 14.8 Å². The third-order valence-corrected chi connectivity index (χ3v) is 5.30. The normalized spacial score (nSPS) is 13.0. The van der Waals surface area contributed by atoms with E-state index in [1.165, 1.54) is 13.2 Å². The molecular weight excluding hydrogens is 382 g/mol. The number of aromatic nitrogens is 3. The van der Waals surface area contributed by atoms with Gasteiger partial charge in [0, 0.05) is 5.03 Å². The third kappa shape index (κ3) is 3.60. The summed E-state index contributed by atoms with van der Waals surface area (Å²) >= 11 is 6.05. The van der Waals surface area contributed by atoms with Crippen molar-refractivity contribution in [2.45, 2.75) is 18.2 Å². The minimum Gasteiger partial charge on any atom is -0.467 e. The van der Waals surface area contributed by atoms with Crippen molar-refractivity contribution in [2.75, 3.05) is 12.4 Å². The fraction of sp³-hybridized carbons (Fsp3) is 0.200. The minimum absolute atomic E-state index is 0.00254. The molecule has 0 fully saturated rings. The second-order valence-electron chi connectivity index (χ2n) is 5.29. The second-order valence-corrected chi connectivity index (χ2v) is 7.35. The number of methoxy groups -OCH3 is 1. The number of ether oxygens (including phenoxy) is 1. The fourth-order valence-electron chi connectivity index (χ4n) is 2.46. The minimum atomic E-state index is -4.11. The van der Waals surface area contributed by atoms with E-state index < -0.39 is 16.1 Å². The molecule has 26 heavy (non-hydrogen) atoms. The Kier molecular flexibility index (Phi) is 4.79. The van der Waals surface area contributed by atoms with Gasteiger partial charge in [-0.2, -0.15) is 15.0 Å². The Morgan fingerprint density at radius 1 is 1.27 bits per heavy atom. The van der Waals surface area contributed by atoms with Crippen molar-refractivity contribution < 1.29 is 17.9 Å². The monoisotopic (exact) mass is 395 g/mol. The van der Waals surface area contributed by atoms with Gasteiger partial charge >= 0.3 is 12.0 Å². The van der Waals surface area contributed by atoms with Gasteiger partial charge in [-0.05, 0) is 30.5 Å². The van der Waals surface area contributed by atoms with Crippen molar-refractivity contribution in [1.82, 2.24) is 19.7 Å². The number of urea groups is 1. The Balaban J connectivity index is 1.81. The molecule has 1 heterocycles. The lowest BCUT2D eigenvalue weighted by molar-refractivity contribution is 0.256. The van der Waals surface area contributed by atoms with Crippen LogP contribution in [0.5, 0.6) is 6.01 Å². The first-order valence-corrected chi connectivity index (χ1v) is 9.24. The average molecular weight is 396 g/mol. The topological polar surface area (TPSA) is 123 Å². The number of carbonyl (C=O) groups excluding carboxylic acids is 1. The number of aryl methyl sites for hydroxylation is 1. The summed E-state index contributed by atoms with van der Waals surface area (Å²) in [6.07, 6.45) is 2.09. The summed E-state index contributed by atoms with van der Waals surface area (Å²) in [6.45, 7) is 1.58. The number of anilines is 1. The highest BCUT2D eigenvalue weighted by molar-refractivity contribution is 7.90. The average Bonchev–Trinajstić information content (AvgIpc) is 2.95. The van der Waals surface area contributed by atoms with Gasteiger partial charge in [-0.1, -0.05) is 29.8 Å². The first-order valence-electron chi connectivity index (χ1n) is 7.38. The zero-order valence-corrected chi connectivity index (χ0v) is 15.3. The van der Waals surface area contributed by atoms with E-state index in [0.29, 0.717) is 28.4 Å². The van der Waals surface area contributed by atoms with E-state index in [1.54, 1.807) is 25.1 Å². The van der Waals surface area contributed by atoms with Gasteiger partial charge in [-0.25, -0.2) is 17.9 Å². The summed E-state index contributed by atoms with van der Waals surface area (Å²) in [6, 6.07) is 3.69. The Morgan fingerprint density at radius 2 is 2.04 bits per heavy atom. The number of carbonyl (C=O) groups is 1. The molecule has 9 nitrogen and oxygen atoms in total. The fourth-order valence-corrected chi connectivity index (χ4v) is 3.90. The molecule has 1 aliphatic carbocycles. The molecule has 136 valence electrons. The Labute approximate surface area is 154 Å². The summed E-state index contributed by atoms with van der Waals surface area (Å²) in [4.78, 5) is 23.7. The number of rotatable bonds is 4. The van der Waals surface area contributed by atoms with Crippen LogP contribution in [-0.4, -0.2) is 36.5 Å². The second kappa shape index (κ2) is 6.89. The van der Waals surface area contributed by atoms with E-state index in [0.717, 1.165) is 0 Å². The van der Waals surface area contributed by atoms with E-state index >= 15 is 0 Å². The molecular formula is C15H14ClN5O4S. The summed E-state index contributed by atoms with van der Waals surface area (Å²) in [5.74, 6) is 0.168. The summed E-state index contributed by atoms with van der Waals surface area (Å²) in [7, 11) is -2.75. The zero-order chi connectivity index (χ0) is 18.9. The molecule has 0 spiro atoms. The highest BCUT2D eigenvalue weighted by atomic mass is 35.5. The molecule has 1 aromatic carbocycles. The number of amides is 2. The SMILES string of the molecule is COc1nc(C)nc(NC(=O)NS(=O)(=O)c2cccc3c2CC=C3Cl)n1. The van der Waals surface area contributed by atoms with E-state index in [9.17, 15) is 13.2 Å². The number of fused-ring (bicyclic) bond motifs is 1. The number of hydrogen-bond acceptors (Lipinski definition) is 7. The van der Waals surface area contributed by atoms with Gasteiger partial charge in [0.05, 0.1) is 12.0 Å². The molecule has 0 saturated carbocycles. The van der Waals surface area contributed by atoms with Crippen LogP contribution in [0.1, 0.15) is 17.0 Å². The number of nitrogens with zero attached hydrogens (tertiary/aromatic N) is 3. The van der Waals surface area contributed by atoms with Crippen LogP contribution in [0.4, 0.5) is 10.7 Å². The molecule has 0 atom stereocenters. The molecule has 2 aromatic rings. The van der Waals surface area contributed by atoms with Crippen molar-refractivity contribution in [3.05, 3.63) is 41.2 Å². The number of sulfonamides is 1. The highest BCUT2D eigenvalue weighted by Crippen LogP contribution is 2.34. The van der Waals surface area contributed by atoms with Crippen LogP contribution in [0.25, 0.3) is 5.03 Å². The van der Waals surface area contributed by atoms with Crippen molar-refractivity contribution in [3.63, 3.8) is 0 Å². The number of hydrogen-bond donors (Lipinski definition) is 2. The van der Waals surface area contributed by atoms with Crippen LogP contribution in [0, 0.1) is 6.92 Å². The predicted molar refractivity (Wildman–Crippen MR) is 94.4 cm³/mol. The maximum absolute atomic E-state index is 12.6. The number of halogens is 1. The maximum Gasteiger partial charge on any atom is 0.335 e. The van der Waals surface area contributed by atoms with E-state index in [-0.39, 0.29) is 16.9 Å². The largest absolute Gasteiger partial charge is 0.467 e. The smallest absolute Gasteiger partial charge is 0.335 e.